The van der Waals surface area contributed by atoms with Crippen LogP contribution in [0.3, 0.4) is 0 Å². The summed E-state index contributed by atoms with van der Waals surface area (Å²) in [6, 6.07) is 19.0. The Bertz CT molecular complexity index is 817. The summed E-state index contributed by atoms with van der Waals surface area (Å²) in [5.41, 5.74) is 4.60. The Morgan fingerprint density at radius 1 is 0.923 bits per heavy atom. The number of aromatic nitrogens is 3. The van der Waals surface area contributed by atoms with Crippen LogP contribution in [0.1, 0.15) is 43.5 Å². The SMILES string of the molecule is CCCN(CCC)c1c(Cc2ccccc2)nnn1-c1cccc(C)c1. The number of hydrogen-bond acceptors (Lipinski definition) is 3. The van der Waals surface area contributed by atoms with Gasteiger partial charge in [-0.25, -0.2) is 0 Å². The molecule has 1 heterocycles. The Kier molecular flexibility index (Phi) is 6.05. The fourth-order valence-electron chi connectivity index (χ4n) is 3.33. The molecular formula is C22H28N4. The maximum Gasteiger partial charge on any atom is 0.156 e. The Morgan fingerprint density at radius 3 is 2.31 bits per heavy atom. The molecule has 0 spiro atoms. The Hall–Kier alpha value is -2.62. The van der Waals surface area contributed by atoms with Crippen LogP contribution >= 0.6 is 0 Å². The van der Waals surface area contributed by atoms with Crippen LogP contribution in [-0.2, 0) is 6.42 Å². The Labute approximate surface area is 156 Å². The smallest absolute Gasteiger partial charge is 0.156 e. The third kappa shape index (κ3) is 4.13. The van der Waals surface area contributed by atoms with Crippen molar-refractivity contribution in [3.8, 4) is 5.69 Å². The highest BCUT2D eigenvalue weighted by atomic mass is 15.5. The lowest BCUT2D eigenvalue weighted by atomic mass is 10.1. The summed E-state index contributed by atoms with van der Waals surface area (Å²) in [5, 5.41) is 9.11. The summed E-state index contributed by atoms with van der Waals surface area (Å²) >= 11 is 0. The molecule has 3 aromatic rings. The fraction of sp³-hybridized carbons (Fsp3) is 0.364. The van der Waals surface area contributed by atoms with E-state index in [1.807, 2.05) is 4.68 Å². The van der Waals surface area contributed by atoms with Gasteiger partial charge in [0, 0.05) is 19.5 Å². The zero-order valence-corrected chi connectivity index (χ0v) is 16.0. The summed E-state index contributed by atoms with van der Waals surface area (Å²) in [6.07, 6.45) is 3.00. The van der Waals surface area contributed by atoms with Crippen molar-refractivity contribution in [3.05, 3.63) is 71.4 Å². The first-order valence-corrected chi connectivity index (χ1v) is 9.53. The lowest BCUT2D eigenvalue weighted by Gasteiger charge is -2.25. The third-order valence-corrected chi connectivity index (χ3v) is 4.46. The van der Waals surface area contributed by atoms with Crippen molar-refractivity contribution in [1.29, 1.82) is 0 Å². The summed E-state index contributed by atoms with van der Waals surface area (Å²) in [7, 11) is 0. The van der Waals surface area contributed by atoms with E-state index in [1.165, 1.54) is 11.1 Å². The van der Waals surface area contributed by atoms with Gasteiger partial charge in [-0.3, -0.25) is 0 Å². The summed E-state index contributed by atoms with van der Waals surface area (Å²) in [4.78, 5) is 2.43. The predicted molar refractivity (Wildman–Crippen MR) is 108 cm³/mol. The number of hydrogen-bond donors (Lipinski definition) is 0. The molecule has 0 unspecified atom stereocenters. The molecule has 0 saturated carbocycles. The number of anilines is 1. The molecule has 26 heavy (non-hydrogen) atoms. The zero-order chi connectivity index (χ0) is 18.4. The number of aryl methyl sites for hydroxylation is 1. The van der Waals surface area contributed by atoms with Crippen molar-refractivity contribution in [2.24, 2.45) is 0 Å². The van der Waals surface area contributed by atoms with Crippen molar-refractivity contribution in [3.63, 3.8) is 0 Å². The van der Waals surface area contributed by atoms with E-state index in [1.54, 1.807) is 0 Å². The normalized spacial score (nSPS) is 10.9. The van der Waals surface area contributed by atoms with Crippen molar-refractivity contribution >= 4 is 5.82 Å². The minimum atomic E-state index is 0.798. The molecule has 136 valence electrons. The van der Waals surface area contributed by atoms with Crippen molar-refractivity contribution < 1.29 is 0 Å². The van der Waals surface area contributed by atoms with Gasteiger partial charge in [-0.1, -0.05) is 61.5 Å². The standard InChI is InChI=1S/C22H28N4/c1-4-14-25(15-5-2)22-21(17-19-11-7-6-8-12-19)23-24-26(22)20-13-9-10-18(3)16-20/h6-13,16H,4-5,14-15,17H2,1-3H3. The second-order valence-electron chi connectivity index (χ2n) is 6.76. The average molecular weight is 348 g/mol. The first-order chi connectivity index (χ1) is 12.7. The highest BCUT2D eigenvalue weighted by Crippen LogP contribution is 2.26. The molecule has 4 nitrogen and oxygen atoms in total. The molecule has 0 amide bonds. The molecular weight excluding hydrogens is 320 g/mol. The molecule has 0 atom stereocenters. The van der Waals surface area contributed by atoms with Gasteiger partial charge >= 0.3 is 0 Å². The Balaban J connectivity index is 2.06. The third-order valence-electron chi connectivity index (χ3n) is 4.46. The van der Waals surface area contributed by atoms with Gasteiger partial charge in [0.25, 0.3) is 0 Å². The van der Waals surface area contributed by atoms with Crippen LogP contribution < -0.4 is 4.90 Å². The van der Waals surface area contributed by atoms with E-state index in [0.717, 1.165) is 49.6 Å². The first kappa shape index (κ1) is 18.2. The zero-order valence-electron chi connectivity index (χ0n) is 16.0. The quantitative estimate of drug-likeness (QED) is 0.587. The van der Waals surface area contributed by atoms with E-state index in [-0.39, 0.29) is 0 Å². The monoisotopic (exact) mass is 348 g/mol. The second kappa shape index (κ2) is 8.65. The number of nitrogens with zero attached hydrogens (tertiary/aromatic N) is 4. The van der Waals surface area contributed by atoms with Crippen molar-refractivity contribution in [1.82, 2.24) is 15.0 Å². The van der Waals surface area contributed by atoms with E-state index < -0.39 is 0 Å². The van der Waals surface area contributed by atoms with E-state index >= 15 is 0 Å². The molecule has 0 radical (unpaired) electrons. The molecule has 4 heteroatoms. The molecule has 0 fully saturated rings. The largest absolute Gasteiger partial charge is 0.355 e. The van der Waals surface area contributed by atoms with Gasteiger partial charge in [0.15, 0.2) is 5.82 Å². The van der Waals surface area contributed by atoms with E-state index in [0.29, 0.717) is 0 Å². The topological polar surface area (TPSA) is 34.0 Å². The van der Waals surface area contributed by atoms with Gasteiger partial charge in [-0.2, -0.15) is 4.68 Å². The minimum Gasteiger partial charge on any atom is -0.355 e. The number of rotatable bonds is 8. The fourth-order valence-corrected chi connectivity index (χ4v) is 3.33. The predicted octanol–water partition coefficient (Wildman–Crippen LogP) is 4.79. The lowest BCUT2D eigenvalue weighted by molar-refractivity contribution is 0.703. The molecule has 1 aromatic heterocycles. The average Bonchev–Trinajstić information content (AvgIpc) is 3.06. The van der Waals surface area contributed by atoms with Crippen LogP contribution in [0.25, 0.3) is 5.69 Å². The number of benzene rings is 2. The summed E-state index contributed by atoms with van der Waals surface area (Å²) < 4.78 is 2.01. The lowest BCUT2D eigenvalue weighted by Crippen LogP contribution is -2.28. The van der Waals surface area contributed by atoms with Crippen LogP contribution in [0.15, 0.2) is 54.6 Å². The molecule has 3 rings (SSSR count). The molecule has 0 aliphatic carbocycles. The summed E-state index contributed by atoms with van der Waals surface area (Å²) in [5.74, 6) is 1.13. The van der Waals surface area contributed by atoms with Gasteiger partial charge in [0.05, 0.1) is 5.69 Å². The van der Waals surface area contributed by atoms with Crippen molar-refractivity contribution in [2.45, 2.75) is 40.0 Å². The molecule has 0 aliphatic heterocycles. The first-order valence-electron chi connectivity index (χ1n) is 9.53. The Morgan fingerprint density at radius 2 is 1.65 bits per heavy atom. The van der Waals surface area contributed by atoms with Gasteiger partial charge in [0.1, 0.15) is 5.69 Å². The highest BCUT2D eigenvalue weighted by Gasteiger charge is 2.20. The second-order valence-corrected chi connectivity index (χ2v) is 6.76. The van der Waals surface area contributed by atoms with Gasteiger partial charge < -0.3 is 4.90 Å². The molecule has 2 aromatic carbocycles. The van der Waals surface area contributed by atoms with Crippen LogP contribution in [0.5, 0.6) is 0 Å². The van der Waals surface area contributed by atoms with Gasteiger partial charge in [-0.15, -0.1) is 5.10 Å². The maximum atomic E-state index is 4.57. The maximum absolute atomic E-state index is 4.57. The van der Waals surface area contributed by atoms with Crippen LogP contribution in [0, 0.1) is 6.92 Å². The van der Waals surface area contributed by atoms with E-state index in [4.69, 9.17) is 0 Å². The molecule has 0 bridgehead atoms. The van der Waals surface area contributed by atoms with Crippen LogP contribution in [-0.4, -0.2) is 28.1 Å². The van der Waals surface area contributed by atoms with Crippen LogP contribution in [0.2, 0.25) is 0 Å². The molecule has 0 saturated heterocycles. The van der Waals surface area contributed by atoms with Gasteiger partial charge in [0.2, 0.25) is 0 Å². The van der Waals surface area contributed by atoms with Crippen LogP contribution in [0.4, 0.5) is 5.82 Å². The minimum absolute atomic E-state index is 0.798. The van der Waals surface area contributed by atoms with E-state index in [2.05, 4.69) is 90.6 Å². The van der Waals surface area contributed by atoms with Crippen molar-refractivity contribution in [2.75, 3.05) is 18.0 Å². The summed E-state index contributed by atoms with van der Waals surface area (Å²) in [6.45, 7) is 8.57. The molecule has 0 N–H and O–H groups in total. The van der Waals surface area contributed by atoms with Gasteiger partial charge in [-0.05, 0) is 43.0 Å². The van der Waals surface area contributed by atoms with E-state index in [9.17, 15) is 0 Å². The highest BCUT2D eigenvalue weighted by molar-refractivity contribution is 5.52. The molecule has 0 aliphatic rings.